The van der Waals surface area contributed by atoms with Gasteiger partial charge in [0, 0.05) is 44.5 Å². The van der Waals surface area contributed by atoms with Crippen LogP contribution >= 0.6 is 0 Å². The molecule has 98 valence electrons. The maximum Gasteiger partial charge on any atom is 0.220 e. The van der Waals surface area contributed by atoms with Crippen molar-refractivity contribution < 1.29 is 4.79 Å². The van der Waals surface area contributed by atoms with Crippen molar-refractivity contribution in [1.29, 1.82) is 0 Å². The van der Waals surface area contributed by atoms with Gasteiger partial charge in [0.1, 0.15) is 0 Å². The molecule has 0 aliphatic carbocycles. The van der Waals surface area contributed by atoms with E-state index in [2.05, 4.69) is 15.3 Å². The average molecular weight is 248 g/mol. The quantitative estimate of drug-likeness (QED) is 0.860. The van der Waals surface area contributed by atoms with E-state index in [1.165, 1.54) is 6.42 Å². The zero-order valence-corrected chi connectivity index (χ0v) is 10.6. The van der Waals surface area contributed by atoms with Crippen LogP contribution in [0.1, 0.15) is 31.7 Å². The average Bonchev–Trinajstić information content (AvgIpc) is 2.73. The van der Waals surface area contributed by atoms with Crippen LogP contribution in [0.2, 0.25) is 0 Å². The summed E-state index contributed by atoms with van der Waals surface area (Å²) in [6.07, 6.45) is 7.88. The number of aromatic nitrogens is 2. The van der Waals surface area contributed by atoms with Crippen LogP contribution in [0.5, 0.6) is 0 Å². The van der Waals surface area contributed by atoms with Crippen LogP contribution < -0.4 is 5.32 Å². The minimum absolute atomic E-state index is 0.224. The van der Waals surface area contributed by atoms with Gasteiger partial charge in [-0.25, -0.2) is 0 Å². The zero-order valence-electron chi connectivity index (χ0n) is 10.6. The van der Waals surface area contributed by atoms with Crippen LogP contribution in [-0.4, -0.2) is 46.3 Å². The molecular weight excluding hydrogens is 228 g/mol. The van der Waals surface area contributed by atoms with Crippen molar-refractivity contribution in [1.82, 2.24) is 20.0 Å². The summed E-state index contributed by atoms with van der Waals surface area (Å²) >= 11 is 0. The van der Waals surface area contributed by atoms with E-state index >= 15 is 0 Å². The fourth-order valence-corrected chi connectivity index (χ4v) is 2.85. The number of nitrogens with one attached hydrogen (secondary N) is 1. The summed E-state index contributed by atoms with van der Waals surface area (Å²) in [6, 6.07) is 2.83. The molecule has 1 N–H and O–H groups in total. The van der Waals surface area contributed by atoms with Crippen molar-refractivity contribution in [2.45, 2.75) is 37.8 Å². The molecular formula is C13H20N4O. The molecule has 2 saturated heterocycles. The first-order valence-corrected chi connectivity index (χ1v) is 6.82. The molecule has 1 aromatic heterocycles. The van der Waals surface area contributed by atoms with E-state index in [-0.39, 0.29) is 5.91 Å². The zero-order chi connectivity index (χ0) is 12.4. The van der Waals surface area contributed by atoms with Crippen LogP contribution in [-0.2, 0) is 4.79 Å². The maximum absolute atomic E-state index is 11.5. The molecule has 1 aromatic rings. The predicted octanol–water partition coefficient (Wildman–Crippen LogP) is 0.799. The van der Waals surface area contributed by atoms with E-state index in [1.54, 1.807) is 0 Å². The molecule has 2 aliphatic heterocycles. The van der Waals surface area contributed by atoms with Crippen LogP contribution in [0, 0.1) is 0 Å². The third-order valence-electron chi connectivity index (χ3n) is 3.89. The van der Waals surface area contributed by atoms with Gasteiger partial charge < -0.3 is 5.32 Å². The number of nitrogens with zero attached hydrogens (tertiary/aromatic N) is 3. The molecule has 0 bridgehead atoms. The third kappa shape index (κ3) is 2.56. The van der Waals surface area contributed by atoms with Crippen LogP contribution in [0.15, 0.2) is 18.5 Å². The fraction of sp³-hybridized carbons (Fsp3) is 0.692. The summed E-state index contributed by atoms with van der Waals surface area (Å²) in [5.74, 6) is 0.224. The number of rotatable bonds is 3. The highest BCUT2D eigenvalue weighted by molar-refractivity contribution is 5.76. The molecule has 2 fully saturated rings. The fourth-order valence-electron chi connectivity index (χ4n) is 2.85. The molecule has 18 heavy (non-hydrogen) atoms. The Balaban J connectivity index is 1.46. The van der Waals surface area contributed by atoms with E-state index in [0.29, 0.717) is 18.5 Å². The molecule has 0 radical (unpaired) electrons. The van der Waals surface area contributed by atoms with E-state index in [1.807, 2.05) is 23.1 Å². The molecule has 3 rings (SSSR count). The number of carbonyl (C=O) groups is 1. The number of amides is 1. The standard InChI is InChI=1S/C13H20N4O/c18-13-5-2-1-4-11(15-13)8-16-9-12(10-16)17-7-3-6-14-17/h3,6-7,11-12H,1-2,4-5,8-10H2,(H,15,18). The second-order valence-electron chi connectivity index (χ2n) is 5.37. The predicted molar refractivity (Wildman–Crippen MR) is 68.1 cm³/mol. The lowest BCUT2D eigenvalue weighted by Gasteiger charge is -2.41. The van der Waals surface area contributed by atoms with E-state index in [0.717, 1.165) is 32.5 Å². The number of likely N-dealkylation sites (tertiary alicyclic amines) is 1. The highest BCUT2D eigenvalue weighted by Crippen LogP contribution is 2.21. The molecule has 2 aliphatic rings. The molecule has 0 spiro atoms. The van der Waals surface area contributed by atoms with Gasteiger partial charge in [-0.05, 0) is 18.9 Å². The van der Waals surface area contributed by atoms with Gasteiger partial charge in [-0.15, -0.1) is 0 Å². The topological polar surface area (TPSA) is 50.2 Å². The Hall–Kier alpha value is -1.36. The van der Waals surface area contributed by atoms with E-state index < -0.39 is 0 Å². The number of carbonyl (C=O) groups excluding carboxylic acids is 1. The van der Waals surface area contributed by atoms with Crippen LogP contribution in [0.25, 0.3) is 0 Å². The lowest BCUT2D eigenvalue weighted by atomic mass is 10.1. The summed E-state index contributed by atoms with van der Waals surface area (Å²) in [6.45, 7) is 3.09. The summed E-state index contributed by atoms with van der Waals surface area (Å²) < 4.78 is 2.03. The van der Waals surface area contributed by atoms with Crippen molar-refractivity contribution >= 4 is 5.91 Å². The Labute approximate surface area is 107 Å². The summed E-state index contributed by atoms with van der Waals surface area (Å²) in [4.78, 5) is 13.9. The summed E-state index contributed by atoms with van der Waals surface area (Å²) in [5.41, 5.74) is 0. The van der Waals surface area contributed by atoms with Crippen molar-refractivity contribution in [3.63, 3.8) is 0 Å². The van der Waals surface area contributed by atoms with Crippen molar-refractivity contribution in [3.05, 3.63) is 18.5 Å². The molecule has 0 aromatic carbocycles. The van der Waals surface area contributed by atoms with E-state index in [4.69, 9.17) is 0 Å². The summed E-state index contributed by atoms with van der Waals surface area (Å²) in [5, 5.41) is 7.39. The second kappa shape index (κ2) is 5.10. The van der Waals surface area contributed by atoms with Gasteiger partial charge in [0.25, 0.3) is 0 Å². The molecule has 5 heteroatoms. The minimum Gasteiger partial charge on any atom is -0.352 e. The SMILES string of the molecule is O=C1CCCCC(CN2CC(n3cccn3)C2)N1. The van der Waals surface area contributed by atoms with Gasteiger partial charge in [-0.2, -0.15) is 5.10 Å². The molecule has 5 nitrogen and oxygen atoms in total. The largest absolute Gasteiger partial charge is 0.352 e. The monoisotopic (exact) mass is 248 g/mol. The molecule has 1 atom stereocenters. The Bertz CT molecular complexity index is 397. The van der Waals surface area contributed by atoms with Crippen LogP contribution in [0.3, 0.4) is 0 Å². The van der Waals surface area contributed by atoms with Crippen molar-refractivity contribution in [3.8, 4) is 0 Å². The Kier molecular flexibility index (Phi) is 3.32. The highest BCUT2D eigenvalue weighted by Gasteiger charge is 2.30. The van der Waals surface area contributed by atoms with Crippen molar-refractivity contribution in [2.24, 2.45) is 0 Å². The first-order chi connectivity index (χ1) is 8.81. The normalized spacial score (nSPS) is 26.4. The number of hydrogen-bond acceptors (Lipinski definition) is 3. The lowest BCUT2D eigenvalue weighted by Crippen LogP contribution is -2.53. The second-order valence-corrected chi connectivity index (χ2v) is 5.37. The van der Waals surface area contributed by atoms with Gasteiger partial charge in [-0.3, -0.25) is 14.4 Å². The van der Waals surface area contributed by atoms with Gasteiger partial charge in [0.15, 0.2) is 0 Å². The first kappa shape index (κ1) is 11.7. The Morgan fingerprint density at radius 1 is 1.39 bits per heavy atom. The third-order valence-corrected chi connectivity index (χ3v) is 3.89. The maximum atomic E-state index is 11.5. The van der Waals surface area contributed by atoms with Gasteiger partial charge in [0.05, 0.1) is 6.04 Å². The minimum atomic E-state index is 0.224. The molecule has 1 unspecified atom stereocenters. The smallest absolute Gasteiger partial charge is 0.220 e. The highest BCUT2D eigenvalue weighted by atomic mass is 16.1. The molecule has 1 amide bonds. The lowest BCUT2D eigenvalue weighted by molar-refractivity contribution is -0.121. The van der Waals surface area contributed by atoms with Crippen molar-refractivity contribution in [2.75, 3.05) is 19.6 Å². The van der Waals surface area contributed by atoms with Crippen LogP contribution in [0.4, 0.5) is 0 Å². The molecule has 0 saturated carbocycles. The van der Waals surface area contributed by atoms with Gasteiger partial charge in [0.2, 0.25) is 5.91 Å². The summed E-state index contributed by atoms with van der Waals surface area (Å²) in [7, 11) is 0. The van der Waals surface area contributed by atoms with E-state index in [9.17, 15) is 4.79 Å². The number of hydrogen-bond donors (Lipinski definition) is 1. The van der Waals surface area contributed by atoms with Gasteiger partial charge in [-0.1, -0.05) is 6.42 Å². The first-order valence-electron chi connectivity index (χ1n) is 6.82. The Morgan fingerprint density at radius 2 is 2.28 bits per heavy atom. The molecule has 3 heterocycles. The van der Waals surface area contributed by atoms with Gasteiger partial charge >= 0.3 is 0 Å². The Morgan fingerprint density at radius 3 is 3.06 bits per heavy atom.